The summed E-state index contributed by atoms with van der Waals surface area (Å²) >= 11 is 7.06. The van der Waals surface area contributed by atoms with Crippen LogP contribution >= 0.6 is 16.8 Å². The molecule has 0 heterocycles. The summed E-state index contributed by atoms with van der Waals surface area (Å²) in [6.07, 6.45) is 1.98. The van der Waals surface area contributed by atoms with Gasteiger partial charge in [0.15, 0.2) is 0 Å². The SMILES string of the molecule is COc1ccc(P(=S)(OC)SC)cc1. The quantitative estimate of drug-likeness (QED) is 0.762. The molecule has 1 aromatic carbocycles. The van der Waals surface area contributed by atoms with E-state index in [0.29, 0.717) is 0 Å². The van der Waals surface area contributed by atoms with Crippen LogP contribution in [-0.4, -0.2) is 20.5 Å². The number of ether oxygens (including phenoxy) is 1. The van der Waals surface area contributed by atoms with E-state index >= 15 is 0 Å². The molecular weight excluding hydrogens is 235 g/mol. The summed E-state index contributed by atoms with van der Waals surface area (Å²) in [5, 5.41) is 1.07. The molecule has 2 nitrogen and oxygen atoms in total. The molecule has 1 unspecified atom stereocenters. The second kappa shape index (κ2) is 5.17. The van der Waals surface area contributed by atoms with E-state index in [4.69, 9.17) is 21.1 Å². The number of rotatable bonds is 4. The van der Waals surface area contributed by atoms with E-state index in [0.717, 1.165) is 11.1 Å². The Morgan fingerprint density at radius 1 is 1.21 bits per heavy atom. The predicted molar refractivity (Wildman–Crippen MR) is 67.4 cm³/mol. The molecule has 1 rings (SSSR count). The summed E-state index contributed by atoms with van der Waals surface area (Å²) < 4.78 is 10.5. The van der Waals surface area contributed by atoms with E-state index in [1.54, 1.807) is 25.6 Å². The normalized spacial score (nSPS) is 14.8. The minimum atomic E-state index is -1.87. The molecular formula is C9H13O2PS2. The van der Waals surface area contributed by atoms with Crippen LogP contribution in [0, 0.1) is 0 Å². The highest BCUT2D eigenvalue weighted by Crippen LogP contribution is 2.56. The summed E-state index contributed by atoms with van der Waals surface area (Å²) in [6, 6.07) is 7.76. The second-order valence-corrected chi connectivity index (χ2v) is 9.68. The van der Waals surface area contributed by atoms with Gasteiger partial charge >= 0.3 is 0 Å². The maximum Gasteiger partial charge on any atom is 0.148 e. The Hall–Kier alpha value is -0.0200. The highest BCUT2D eigenvalue weighted by Gasteiger charge is 2.17. The Morgan fingerprint density at radius 3 is 2.14 bits per heavy atom. The lowest BCUT2D eigenvalue weighted by molar-refractivity contribution is 0.415. The zero-order valence-electron chi connectivity index (χ0n) is 8.39. The molecule has 14 heavy (non-hydrogen) atoms. The third kappa shape index (κ3) is 2.51. The van der Waals surface area contributed by atoms with Crippen LogP contribution in [0.2, 0.25) is 0 Å². The van der Waals surface area contributed by atoms with Gasteiger partial charge in [-0.25, -0.2) is 0 Å². The Kier molecular flexibility index (Phi) is 4.45. The first-order valence-corrected chi connectivity index (χ1v) is 8.57. The van der Waals surface area contributed by atoms with Gasteiger partial charge in [-0.3, -0.25) is 0 Å². The van der Waals surface area contributed by atoms with Gasteiger partial charge in [-0.05, 0) is 30.5 Å². The number of hydrogen-bond donors (Lipinski definition) is 0. The van der Waals surface area contributed by atoms with Gasteiger partial charge in [0.2, 0.25) is 0 Å². The van der Waals surface area contributed by atoms with Crippen molar-refractivity contribution in [2.45, 2.75) is 0 Å². The molecule has 0 aliphatic rings. The molecule has 0 aliphatic heterocycles. The lowest BCUT2D eigenvalue weighted by atomic mass is 10.3. The Balaban J connectivity index is 3.01. The maximum atomic E-state index is 5.46. The van der Waals surface area contributed by atoms with Crippen LogP contribution in [0.3, 0.4) is 0 Å². The van der Waals surface area contributed by atoms with Crippen LogP contribution in [0.1, 0.15) is 0 Å². The minimum Gasteiger partial charge on any atom is -0.497 e. The smallest absolute Gasteiger partial charge is 0.148 e. The second-order valence-electron chi connectivity index (χ2n) is 2.56. The van der Waals surface area contributed by atoms with Gasteiger partial charge in [-0.15, -0.1) is 0 Å². The molecule has 0 fully saturated rings. The maximum absolute atomic E-state index is 5.46. The molecule has 0 amide bonds. The highest BCUT2D eigenvalue weighted by molar-refractivity contribution is 8.71. The standard InChI is InChI=1S/C9H13O2PS2/c1-10-8-4-6-9(7-5-8)12(13,11-2)14-3/h4-7H,1-3H3. The first kappa shape index (κ1) is 12.1. The molecule has 1 atom stereocenters. The molecule has 5 heteroatoms. The molecule has 0 radical (unpaired) electrons. The van der Waals surface area contributed by atoms with Crippen molar-refractivity contribution in [1.82, 2.24) is 0 Å². The van der Waals surface area contributed by atoms with Crippen molar-refractivity contribution in [3.8, 4) is 5.75 Å². The largest absolute Gasteiger partial charge is 0.497 e. The van der Waals surface area contributed by atoms with Crippen molar-refractivity contribution in [3.05, 3.63) is 24.3 Å². The van der Waals surface area contributed by atoms with Gasteiger partial charge in [-0.1, -0.05) is 23.2 Å². The molecule has 0 bridgehead atoms. The van der Waals surface area contributed by atoms with E-state index in [1.807, 2.05) is 30.5 Å². The summed E-state index contributed by atoms with van der Waals surface area (Å²) in [5.41, 5.74) is -1.87. The molecule has 1 aromatic rings. The Bertz CT molecular complexity index is 329. The van der Waals surface area contributed by atoms with Crippen molar-refractivity contribution >= 4 is 34.0 Å². The topological polar surface area (TPSA) is 18.5 Å². The molecule has 0 aromatic heterocycles. The molecule has 0 N–H and O–H groups in total. The summed E-state index contributed by atoms with van der Waals surface area (Å²) in [6.45, 7) is 0. The van der Waals surface area contributed by atoms with Gasteiger partial charge in [0.1, 0.15) is 11.2 Å². The average molecular weight is 248 g/mol. The van der Waals surface area contributed by atoms with Gasteiger partial charge in [-0.2, -0.15) is 0 Å². The third-order valence-electron chi connectivity index (χ3n) is 1.87. The summed E-state index contributed by atoms with van der Waals surface area (Å²) in [7, 11) is 3.32. The fourth-order valence-corrected chi connectivity index (χ4v) is 3.95. The van der Waals surface area contributed by atoms with Crippen molar-refractivity contribution < 1.29 is 9.26 Å². The van der Waals surface area contributed by atoms with Crippen LogP contribution in [0.5, 0.6) is 5.75 Å². The molecule has 0 saturated carbocycles. The van der Waals surface area contributed by atoms with Gasteiger partial charge in [0.05, 0.1) is 7.11 Å². The van der Waals surface area contributed by atoms with Crippen LogP contribution in [-0.2, 0) is 16.3 Å². The van der Waals surface area contributed by atoms with Gasteiger partial charge < -0.3 is 9.26 Å². The Morgan fingerprint density at radius 2 is 1.79 bits per heavy atom. The molecule has 0 spiro atoms. The zero-order chi connectivity index (χ0) is 10.6. The minimum absolute atomic E-state index is 0.840. The first-order chi connectivity index (χ1) is 6.66. The van der Waals surface area contributed by atoms with E-state index < -0.39 is 5.47 Å². The molecule has 0 aliphatic carbocycles. The average Bonchev–Trinajstić information content (AvgIpc) is 2.28. The van der Waals surface area contributed by atoms with Crippen LogP contribution < -0.4 is 10.0 Å². The van der Waals surface area contributed by atoms with E-state index in [2.05, 4.69) is 0 Å². The van der Waals surface area contributed by atoms with Gasteiger partial charge in [0.25, 0.3) is 0 Å². The zero-order valence-corrected chi connectivity index (χ0v) is 10.9. The predicted octanol–water partition coefficient (Wildman–Crippen LogP) is 2.64. The van der Waals surface area contributed by atoms with Crippen molar-refractivity contribution in [2.24, 2.45) is 0 Å². The Labute approximate surface area is 93.8 Å². The number of methoxy groups -OCH3 is 1. The number of benzene rings is 1. The van der Waals surface area contributed by atoms with Crippen molar-refractivity contribution in [3.63, 3.8) is 0 Å². The summed E-state index contributed by atoms with van der Waals surface area (Å²) in [5.74, 6) is 0.840. The first-order valence-electron chi connectivity index (χ1n) is 4.02. The molecule has 0 saturated heterocycles. The van der Waals surface area contributed by atoms with E-state index in [-0.39, 0.29) is 0 Å². The van der Waals surface area contributed by atoms with E-state index in [9.17, 15) is 0 Å². The van der Waals surface area contributed by atoms with Crippen molar-refractivity contribution in [2.75, 3.05) is 20.5 Å². The fourth-order valence-electron chi connectivity index (χ4n) is 1.05. The van der Waals surface area contributed by atoms with Crippen LogP contribution in [0.15, 0.2) is 24.3 Å². The van der Waals surface area contributed by atoms with E-state index in [1.165, 1.54) is 0 Å². The third-order valence-corrected chi connectivity index (χ3v) is 8.70. The molecule has 78 valence electrons. The monoisotopic (exact) mass is 248 g/mol. The lowest BCUT2D eigenvalue weighted by Gasteiger charge is -2.17. The van der Waals surface area contributed by atoms with Crippen molar-refractivity contribution in [1.29, 1.82) is 0 Å². The highest BCUT2D eigenvalue weighted by atomic mass is 32.9. The lowest BCUT2D eigenvalue weighted by Crippen LogP contribution is -2.02. The van der Waals surface area contributed by atoms with Crippen LogP contribution in [0.25, 0.3) is 0 Å². The summed E-state index contributed by atoms with van der Waals surface area (Å²) in [4.78, 5) is 0. The van der Waals surface area contributed by atoms with Crippen LogP contribution in [0.4, 0.5) is 0 Å². The van der Waals surface area contributed by atoms with Gasteiger partial charge in [0, 0.05) is 12.4 Å². The fraction of sp³-hybridized carbons (Fsp3) is 0.333. The number of hydrogen-bond acceptors (Lipinski definition) is 4.